The Balaban J connectivity index is 2.23. The number of benzene rings is 1. The third kappa shape index (κ3) is 3.54. The molecule has 1 aromatic rings. The van der Waals surface area contributed by atoms with Gasteiger partial charge in [0, 0.05) is 13.1 Å². The zero-order chi connectivity index (χ0) is 15.9. The van der Waals surface area contributed by atoms with Gasteiger partial charge in [-0.1, -0.05) is 12.1 Å². The van der Waals surface area contributed by atoms with Crippen LogP contribution in [0.2, 0.25) is 0 Å². The van der Waals surface area contributed by atoms with Gasteiger partial charge in [-0.05, 0) is 30.5 Å². The highest BCUT2D eigenvalue weighted by Gasteiger charge is 2.38. The molecule has 0 amide bonds. The Labute approximate surface area is 120 Å². The van der Waals surface area contributed by atoms with Gasteiger partial charge in [0.1, 0.15) is 0 Å². The summed E-state index contributed by atoms with van der Waals surface area (Å²) in [7, 11) is -3.85. The Bertz CT molecular complexity index is 623. The number of nitrogens with zero attached hydrogens (tertiary/aromatic N) is 1. The van der Waals surface area contributed by atoms with Crippen molar-refractivity contribution < 1.29 is 26.7 Å². The second kappa shape index (κ2) is 5.24. The van der Waals surface area contributed by atoms with Crippen LogP contribution in [0.1, 0.15) is 24.0 Å². The van der Waals surface area contributed by atoms with E-state index >= 15 is 0 Å². The molecule has 1 saturated heterocycles. The maximum Gasteiger partial charge on any atom is 0.416 e. The lowest BCUT2D eigenvalue weighted by molar-refractivity contribution is -0.137. The van der Waals surface area contributed by atoms with Crippen LogP contribution in [0.25, 0.3) is 0 Å². The van der Waals surface area contributed by atoms with Gasteiger partial charge >= 0.3 is 6.18 Å². The number of hydrogen-bond donors (Lipinski definition) is 2. The summed E-state index contributed by atoms with van der Waals surface area (Å²) in [6, 6.07) is 4.45. The minimum absolute atomic E-state index is 0.00919. The first-order valence-electron chi connectivity index (χ1n) is 6.20. The molecule has 0 aliphatic carbocycles. The van der Waals surface area contributed by atoms with Crippen molar-refractivity contribution in [2.75, 3.05) is 13.1 Å². The Morgan fingerprint density at radius 2 is 1.81 bits per heavy atom. The molecule has 0 radical (unpaired) electrons. The standard InChI is InChI=1S/C12H15F3N2O3S/c13-12(14,15)10-3-1-2-9(8-10)11(18)4-6-17(7-5-11)21(16,19)20/h1-3,8,18H,4-7H2,(H2,16,19,20). The fraction of sp³-hybridized carbons (Fsp3) is 0.500. The van der Waals surface area contributed by atoms with Crippen molar-refractivity contribution in [2.24, 2.45) is 5.14 Å². The molecule has 5 nitrogen and oxygen atoms in total. The molecule has 118 valence electrons. The van der Waals surface area contributed by atoms with Crippen molar-refractivity contribution in [3.05, 3.63) is 35.4 Å². The fourth-order valence-corrected chi connectivity index (χ4v) is 3.08. The highest BCUT2D eigenvalue weighted by molar-refractivity contribution is 7.86. The largest absolute Gasteiger partial charge is 0.416 e. The van der Waals surface area contributed by atoms with Crippen LogP contribution in [-0.4, -0.2) is 30.9 Å². The molecule has 1 fully saturated rings. The van der Waals surface area contributed by atoms with Crippen LogP contribution in [-0.2, 0) is 22.0 Å². The highest BCUT2D eigenvalue weighted by Crippen LogP contribution is 2.36. The maximum absolute atomic E-state index is 12.7. The summed E-state index contributed by atoms with van der Waals surface area (Å²) in [4.78, 5) is 0. The number of nitrogens with two attached hydrogens (primary N) is 1. The molecule has 0 bridgehead atoms. The summed E-state index contributed by atoms with van der Waals surface area (Å²) in [6.45, 7) is -0.0723. The number of alkyl halides is 3. The second-order valence-corrected chi connectivity index (χ2v) is 6.60. The summed E-state index contributed by atoms with van der Waals surface area (Å²) < 4.78 is 61.5. The Morgan fingerprint density at radius 1 is 1.24 bits per heavy atom. The lowest BCUT2D eigenvalue weighted by atomic mass is 9.84. The number of rotatable bonds is 2. The van der Waals surface area contributed by atoms with Gasteiger partial charge in [0.15, 0.2) is 0 Å². The lowest BCUT2D eigenvalue weighted by Crippen LogP contribution is -2.47. The van der Waals surface area contributed by atoms with Crippen LogP contribution in [0.15, 0.2) is 24.3 Å². The molecule has 3 N–H and O–H groups in total. The number of piperidine rings is 1. The number of halogens is 3. The highest BCUT2D eigenvalue weighted by atomic mass is 32.2. The monoisotopic (exact) mass is 324 g/mol. The minimum atomic E-state index is -4.49. The number of aliphatic hydroxyl groups is 1. The van der Waals surface area contributed by atoms with E-state index in [1.807, 2.05) is 0 Å². The van der Waals surface area contributed by atoms with Crippen molar-refractivity contribution in [1.29, 1.82) is 0 Å². The van der Waals surface area contributed by atoms with Crippen LogP contribution < -0.4 is 5.14 Å². The normalized spacial score (nSPS) is 20.4. The zero-order valence-corrected chi connectivity index (χ0v) is 11.8. The Morgan fingerprint density at radius 3 is 2.29 bits per heavy atom. The maximum atomic E-state index is 12.7. The molecular formula is C12H15F3N2O3S. The Kier molecular flexibility index (Phi) is 4.04. The van der Waals surface area contributed by atoms with Gasteiger partial charge in [-0.2, -0.15) is 25.9 Å². The van der Waals surface area contributed by atoms with Gasteiger partial charge in [-0.25, -0.2) is 5.14 Å². The first kappa shape index (κ1) is 16.2. The molecule has 1 aliphatic rings. The zero-order valence-electron chi connectivity index (χ0n) is 11.0. The molecule has 0 atom stereocenters. The molecule has 2 rings (SSSR count). The van der Waals surface area contributed by atoms with Crippen LogP contribution in [0.4, 0.5) is 13.2 Å². The van der Waals surface area contributed by atoms with Crippen LogP contribution in [0.3, 0.4) is 0 Å². The first-order chi connectivity index (χ1) is 9.52. The first-order valence-corrected chi connectivity index (χ1v) is 7.71. The minimum Gasteiger partial charge on any atom is -0.385 e. The SMILES string of the molecule is NS(=O)(=O)N1CCC(O)(c2cccc(C(F)(F)F)c2)CC1. The quantitative estimate of drug-likeness (QED) is 0.857. The predicted octanol–water partition coefficient (Wildman–Crippen LogP) is 1.19. The average Bonchev–Trinajstić information content (AvgIpc) is 2.37. The van der Waals surface area contributed by atoms with E-state index < -0.39 is 27.6 Å². The molecule has 0 unspecified atom stereocenters. The van der Waals surface area contributed by atoms with E-state index in [-0.39, 0.29) is 31.5 Å². The van der Waals surface area contributed by atoms with Crippen molar-refractivity contribution in [1.82, 2.24) is 4.31 Å². The van der Waals surface area contributed by atoms with E-state index in [9.17, 15) is 26.7 Å². The molecule has 1 heterocycles. The average molecular weight is 324 g/mol. The summed E-state index contributed by atoms with van der Waals surface area (Å²) in [6.07, 6.45) is -4.51. The third-order valence-electron chi connectivity index (χ3n) is 3.64. The molecule has 0 spiro atoms. The molecule has 9 heteroatoms. The van der Waals surface area contributed by atoms with Crippen molar-refractivity contribution >= 4 is 10.2 Å². The van der Waals surface area contributed by atoms with Crippen molar-refractivity contribution in [3.8, 4) is 0 Å². The van der Waals surface area contributed by atoms with Crippen LogP contribution in [0, 0.1) is 0 Å². The topological polar surface area (TPSA) is 83.6 Å². The third-order valence-corrected chi connectivity index (χ3v) is 4.72. The smallest absolute Gasteiger partial charge is 0.385 e. The van der Waals surface area contributed by atoms with E-state index in [4.69, 9.17) is 5.14 Å². The molecule has 1 aliphatic heterocycles. The van der Waals surface area contributed by atoms with E-state index in [0.717, 1.165) is 16.4 Å². The summed E-state index contributed by atoms with van der Waals surface area (Å²) in [5.41, 5.74) is -2.20. The molecule has 1 aromatic carbocycles. The van der Waals surface area contributed by atoms with Gasteiger partial charge in [-0.3, -0.25) is 0 Å². The summed E-state index contributed by atoms with van der Waals surface area (Å²) in [5.74, 6) is 0. The van der Waals surface area contributed by atoms with Gasteiger partial charge < -0.3 is 5.11 Å². The van der Waals surface area contributed by atoms with E-state index in [2.05, 4.69) is 0 Å². The molecule has 0 saturated carbocycles. The van der Waals surface area contributed by atoms with Crippen molar-refractivity contribution in [2.45, 2.75) is 24.6 Å². The molecule has 0 aromatic heterocycles. The molecular weight excluding hydrogens is 309 g/mol. The fourth-order valence-electron chi connectivity index (χ4n) is 2.38. The summed E-state index contributed by atoms with van der Waals surface area (Å²) >= 11 is 0. The number of hydrogen-bond acceptors (Lipinski definition) is 3. The second-order valence-electron chi connectivity index (χ2n) is 5.05. The van der Waals surface area contributed by atoms with Crippen LogP contribution >= 0.6 is 0 Å². The Hall–Kier alpha value is -1.16. The van der Waals surface area contributed by atoms with Gasteiger partial charge in [0.05, 0.1) is 11.2 Å². The lowest BCUT2D eigenvalue weighted by Gasteiger charge is -2.37. The van der Waals surface area contributed by atoms with Crippen molar-refractivity contribution in [3.63, 3.8) is 0 Å². The van der Waals surface area contributed by atoms with Gasteiger partial charge in [0.2, 0.25) is 0 Å². The van der Waals surface area contributed by atoms with Gasteiger partial charge in [0.25, 0.3) is 10.2 Å². The molecule has 21 heavy (non-hydrogen) atoms. The van der Waals surface area contributed by atoms with Crippen LogP contribution in [0.5, 0.6) is 0 Å². The predicted molar refractivity (Wildman–Crippen MR) is 69.3 cm³/mol. The van der Waals surface area contributed by atoms with E-state index in [0.29, 0.717) is 0 Å². The van der Waals surface area contributed by atoms with Gasteiger partial charge in [-0.15, -0.1) is 0 Å². The van der Waals surface area contributed by atoms with E-state index in [1.54, 1.807) is 0 Å². The summed E-state index contributed by atoms with van der Waals surface area (Å²) in [5, 5.41) is 15.5. The van der Waals surface area contributed by atoms with E-state index in [1.165, 1.54) is 12.1 Å².